The van der Waals surface area contributed by atoms with E-state index in [4.69, 9.17) is 5.73 Å². The van der Waals surface area contributed by atoms with Gasteiger partial charge in [0.2, 0.25) is 0 Å². The minimum Gasteiger partial charge on any atom is -0.326 e. The zero-order valence-electron chi connectivity index (χ0n) is 9.76. The second-order valence-electron chi connectivity index (χ2n) is 4.85. The Morgan fingerprint density at radius 3 is 2.20 bits per heavy atom. The largest absolute Gasteiger partial charge is 0.326 e. The van der Waals surface area contributed by atoms with Gasteiger partial charge in [0, 0.05) is 10.0 Å². The molecule has 1 aromatic carbocycles. The summed E-state index contributed by atoms with van der Waals surface area (Å²) < 4.78 is 1.13. The number of hydrogen-bond donors (Lipinski definition) is 1. The maximum Gasteiger partial charge on any atom is 0.0175 e. The molecule has 1 rings (SSSR count). The minimum atomic E-state index is -0.0895. The molecule has 1 atom stereocenters. The molecule has 0 spiro atoms. The number of nitrogens with two attached hydrogens (primary N) is 1. The molecule has 1 unspecified atom stereocenters. The van der Waals surface area contributed by atoms with Crippen LogP contribution in [-0.4, -0.2) is 5.54 Å². The van der Waals surface area contributed by atoms with Gasteiger partial charge >= 0.3 is 0 Å². The highest BCUT2D eigenvalue weighted by molar-refractivity contribution is 9.10. The lowest BCUT2D eigenvalue weighted by molar-refractivity contribution is 0.417. The van der Waals surface area contributed by atoms with Crippen LogP contribution in [0.4, 0.5) is 0 Å². The van der Waals surface area contributed by atoms with Crippen LogP contribution >= 0.6 is 15.9 Å². The third-order valence-electron chi connectivity index (χ3n) is 2.61. The van der Waals surface area contributed by atoms with Gasteiger partial charge in [-0.15, -0.1) is 0 Å². The Labute approximate surface area is 101 Å². The van der Waals surface area contributed by atoms with Crippen molar-refractivity contribution in [2.75, 3.05) is 0 Å². The van der Waals surface area contributed by atoms with Crippen LogP contribution in [0, 0.1) is 0 Å². The van der Waals surface area contributed by atoms with Crippen molar-refractivity contribution in [2.45, 2.75) is 45.1 Å². The van der Waals surface area contributed by atoms with E-state index >= 15 is 0 Å². The molecule has 0 saturated heterocycles. The van der Waals surface area contributed by atoms with Gasteiger partial charge < -0.3 is 5.73 Å². The van der Waals surface area contributed by atoms with Crippen LogP contribution in [0.2, 0.25) is 0 Å². The summed E-state index contributed by atoms with van der Waals surface area (Å²) >= 11 is 3.45. The van der Waals surface area contributed by atoms with Crippen molar-refractivity contribution in [3.05, 3.63) is 34.3 Å². The molecule has 15 heavy (non-hydrogen) atoms. The van der Waals surface area contributed by atoms with Crippen LogP contribution in [-0.2, 0) is 0 Å². The Balaban J connectivity index is 2.79. The van der Waals surface area contributed by atoms with E-state index in [-0.39, 0.29) is 5.54 Å². The Kier molecular flexibility index (Phi) is 4.35. The first-order valence-corrected chi connectivity index (χ1v) is 6.26. The van der Waals surface area contributed by atoms with Crippen molar-refractivity contribution >= 4 is 15.9 Å². The van der Waals surface area contributed by atoms with E-state index in [0.717, 1.165) is 17.3 Å². The first-order valence-electron chi connectivity index (χ1n) is 5.46. The van der Waals surface area contributed by atoms with Crippen LogP contribution < -0.4 is 5.73 Å². The summed E-state index contributed by atoms with van der Waals surface area (Å²) in [7, 11) is 0. The van der Waals surface area contributed by atoms with E-state index in [2.05, 4.69) is 61.0 Å². The molecule has 2 heteroatoms. The van der Waals surface area contributed by atoms with Crippen molar-refractivity contribution in [3.8, 4) is 0 Å². The van der Waals surface area contributed by atoms with Crippen LogP contribution in [0.3, 0.4) is 0 Å². The highest BCUT2D eigenvalue weighted by Gasteiger charge is 2.18. The number of benzene rings is 1. The molecule has 0 saturated carbocycles. The number of halogens is 1. The van der Waals surface area contributed by atoms with Gasteiger partial charge in [0.15, 0.2) is 0 Å². The average molecular weight is 270 g/mol. The summed E-state index contributed by atoms with van der Waals surface area (Å²) in [6.45, 7) is 6.40. The predicted octanol–water partition coefficient (Wildman–Crippen LogP) is 4.07. The standard InChI is InChI=1S/C13H20BrN/c1-4-10(9-13(2,3)15)11-5-7-12(14)8-6-11/h5-8,10H,4,9,15H2,1-3H3. The van der Waals surface area contributed by atoms with E-state index < -0.39 is 0 Å². The van der Waals surface area contributed by atoms with E-state index in [1.165, 1.54) is 5.56 Å². The topological polar surface area (TPSA) is 26.0 Å². The van der Waals surface area contributed by atoms with E-state index in [0.29, 0.717) is 5.92 Å². The van der Waals surface area contributed by atoms with Crippen molar-refractivity contribution in [3.63, 3.8) is 0 Å². The lowest BCUT2D eigenvalue weighted by Crippen LogP contribution is -2.33. The Morgan fingerprint density at radius 1 is 1.27 bits per heavy atom. The third kappa shape index (κ3) is 4.35. The third-order valence-corrected chi connectivity index (χ3v) is 3.14. The maximum absolute atomic E-state index is 6.07. The first-order chi connectivity index (χ1) is 6.92. The molecule has 84 valence electrons. The van der Waals surface area contributed by atoms with Gasteiger partial charge in [-0.25, -0.2) is 0 Å². The minimum absolute atomic E-state index is 0.0895. The van der Waals surface area contributed by atoms with Crippen LogP contribution in [0.5, 0.6) is 0 Å². The van der Waals surface area contributed by atoms with Crippen molar-refractivity contribution in [2.24, 2.45) is 5.73 Å². The van der Waals surface area contributed by atoms with Crippen molar-refractivity contribution in [1.29, 1.82) is 0 Å². The predicted molar refractivity (Wildman–Crippen MR) is 70.1 cm³/mol. The second-order valence-corrected chi connectivity index (χ2v) is 5.77. The van der Waals surface area contributed by atoms with Crippen LogP contribution in [0.15, 0.2) is 28.7 Å². The first kappa shape index (κ1) is 12.7. The van der Waals surface area contributed by atoms with Gasteiger partial charge in [-0.1, -0.05) is 35.0 Å². The highest BCUT2D eigenvalue weighted by atomic mass is 79.9. The van der Waals surface area contributed by atoms with E-state index in [9.17, 15) is 0 Å². The molecular formula is C13H20BrN. The molecule has 0 aromatic heterocycles. The van der Waals surface area contributed by atoms with Gasteiger partial charge in [0.05, 0.1) is 0 Å². The van der Waals surface area contributed by atoms with Gasteiger partial charge in [-0.05, 0) is 50.3 Å². The molecule has 2 N–H and O–H groups in total. The Morgan fingerprint density at radius 2 is 1.80 bits per heavy atom. The Hall–Kier alpha value is -0.340. The monoisotopic (exact) mass is 269 g/mol. The molecule has 0 aliphatic rings. The highest BCUT2D eigenvalue weighted by Crippen LogP contribution is 2.28. The zero-order valence-corrected chi connectivity index (χ0v) is 11.3. The molecule has 0 fully saturated rings. The normalized spacial score (nSPS) is 13.9. The van der Waals surface area contributed by atoms with Gasteiger partial charge in [0.1, 0.15) is 0 Å². The van der Waals surface area contributed by atoms with Gasteiger partial charge in [0.25, 0.3) is 0 Å². The summed E-state index contributed by atoms with van der Waals surface area (Å²) in [5.74, 6) is 0.568. The molecule has 0 aliphatic carbocycles. The molecule has 1 nitrogen and oxygen atoms in total. The van der Waals surface area contributed by atoms with Gasteiger partial charge in [-0.2, -0.15) is 0 Å². The summed E-state index contributed by atoms with van der Waals surface area (Å²) in [5.41, 5.74) is 7.37. The van der Waals surface area contributed by atoms with Crippen molar-refractivity contribution in [1.82, 2.24) is 0 Å². The molecule has 0 radical (unpaired) electrons. The lowest BCUT2D eigenvalue weighted by Gasteiger charge is -2.25. The molecule has 0 aliphatic heterocycles. The number of hydrogen-bond acceptors (Lipinski definition) is 1. The van der Waals surface area contributed by atoms with E-state index in [1.54, 1.807) is 0 Å². The second kappa shape index (κ2) is 5.13. The van der Waals surface area contributed by atoms with Gasteiger partial charge in [-0.3, -0.25) is 0 Å². The summed E-state index contributed by atoms with van der Waals surface area (Å²) in [4.78, 5) is 0. The lowest BCUT2D eigenvalue weighted by atomic mass is 9.85. The molecule has 0 amide bonds. The SMILES string of the molecule is CCC(CC(C)(C)N)c1ccc(Br)cc1. The van der Waals surface area contributed by atoms with Crippen LogP contribution in [0.25, 0.3) is 0 Å². The zero-order chi connectivity index (χ0) is 11.5. The van der Waals surface area contributed by atoms with Crippen molar-refractivity contribution < 1.29 is 0 Å². The summed E-state index contributed by atoms with van der Waals surface area (Å²) in [5, 5.41) is 0. The fourth-order valence-corrected chi connectivity index (χ4v) is 2.13. The fraction of sp³-hybridized carbons (Fsp3) is 0.538. The van der Waals surface area contributed by atoms with E-state index in [1.807, 2.05) is 0 Å². The maximum atomic E-state index is 6.07. The number of rotatable bonds is 4. The molecule has 0 heterocycles. The average Bonchev–Trinajstić information content (AvgIpc) is 2.14. The smallest absolute Gasteiger partial charge is 0.0175 e. The summed E-state index contributed by atoms with van der Waals surface area (Å²) in [6.07, 6.45) is 2.17. The quantitative estimate of drug-likeness (QED) is 0.876. The fourth-order valence-electron chi connectivity index (χ4n) is 1.87. The molecular weight excluding hydrogens is 250 g/mol. The Bertz CT molecular complexity index is 297. The summed E-state index contributed by atoms with van der Waals surface area (Å²) in [6, 6.07) is 8.57. The van der Waals surface area contributed by atoms with Crippen LogP contribution in [0.1, 0.15) is 45.1 Å². The molecule has 1 aromatic rings. The molecule has 0 bridgehead atoms.